The van der Waals surface area contributed by atoms with Gasteiger partial charge in [-0.25, -0.2) is 0 Å². The summed E-state index contributed by atoms with van der Waals surface area (Å²) in [4.78, 5) is 27.8. The van der Waals surface area contributed by atoms with Gasteiger partial charge < -0.3 is 29.7 Å². The number of carbonyl (C=O) groups is 3. The Bertz CT molecular complexity index is 159. The molecule has 0 aromatic rings. The molecule has 0 unspecified atom stereocenters. The summed E-state index contributed by atoms with van der Waals surface area (Å²) in [5, 5.41) is 27.8. The average molecular weight is 270 g/mol. The van der Waals surface area contributed by atoms with Gasteiger partial charge in [0.05, 0.1) is 0 Å². The molecule has 0 amide bonds. The van der Waals surface area contributed by atoms with Crippen molar-refractivity contribution in [3.8, 4) is 0 Å². The van der Waals surface area contributed by atoms with E-state index in [9.17, 15) is 29.7 Å². The quantitative estimate of drug-likeness (QED) is 0.556. The Morgan fingerprint density at radius 3 is 0.750 bits per heavy atom. The second kappa shape index (κ2) is 19.5. The Labute approximate surface area is 107 Å². The van der Waals surface area contributed by atoms with E-state index in [0.29, 0.717) is 0 Å². The number of carbonyl (C=O) groups excluding carboxylic acids is 3. The van der Waals surface area contributed by atoms with Crippen molar-refractivity contribution in [2.45, 2.75) is 40.0 Å². The molecule has 16 heavy (non-hydrogen) atoms. The molecule has 0 aliphatic rings. The van der Waals surface area contributed by atoms with Crippen LogP contribution in [0.3, 0.4) is 0 Å². The Hall–Kier alpha value is -1.01. The maximum Gasteiger partial charge on any atom is 3.00 e. The first kappa shape index (κ1) is 24.3. The van der Waals surface area contributed by atoms with Gasteiger partial charge in [0.2, 0.25) is 0 Å². The zero-order valence-corrected chi connectivity index (χ0v) is 10.9. The van der Waals surface area contributed by atoms with Gasteiger partial charge >= 0.3 is 18.6 Å². The van der Waals surface area contributed by atoms with Crippen molar-refractivity contribution >= 4 is 17.9 Å². The van der Waals surface area contributed by atoms with Crippen LogP contribution < -0.4 is 15.3 Å². The fraction of sp³-hybridized carbons (Fsp3) is 0.667. The van der Waals surface area contributed by atoms with E-state index in [1.54, 1.807) is 0 Å². The summed E-state index contributed by atoms with van der Waals surface area (Å²) in [7, 11) is 0. The van der Waals surface area contributed by atoms with E-state index < -0.39 is 17.9 Å². The number of aliphatic carboxylic acids is 3. The molecule has 92 valence electrons. The topological polar surface area (TPSA) is 120 Å². The van der Waals surface area contributed by atoms with Crippen LogP contribution in [0.15, 0.2) is 0 Å². The van der Waals surface area contributed by atoms with Gasteiger partial charge in [-0.3, -0.25) is 0 Å². The zero-order chi connectivity index (χ0) is 12.9. The molecule has 6 nitrogen and oxygen atoms in total. The van der Waals surface area contributed by atoms with E-state index in [4.69, 9.17) is 0 Å². The van der Waals surface area contributed by atoms with Crippen LogP contribution in [0.5, 0.6) is 0 Å². The maximum absolute atomic E-state index is 9.26. The minimum Gasteiger partial charge on any atom is -0.550 e. The van der Waals surface area contributed by atoms with Gasteiger partial charge in [0.25, 0.3) is 0 Å². The number of hydrogen-bond donors (Lipinski definition) is 0. The van der Waals surface area contributed by atoms with Crippen molar-refractivity contribution < 1.29 is 48.3 Å². The number of carboxylic acid groups (broad SMARTS) is 3. The Morgan fingerprint density at radius 2 is 0.750 bits per heavy atom. The monoisotopic (exact) mass is 270 g/mol. The SMILES string of the molecule is CCC(=O)[O-].CCC(=O)[O-].CCC(=O)[O-].[V+3]. The molecule has 0 bridgehead atoms. The van der Waals surface area contributed by atoms with Crippen LogP contribution in [0.1, 0.15) is 40.0 Å². The molecule has 0 saturated heterocycles. The largest absolute Gasteiger partial charge is 3.00 e. The van der Waals surface area contributed by atoms with Crippen molar-refractivity contribution in [3.63, 3.8) is 0 Å². The van der Waals surface area contributed by atoms with Crippen LogP contribution in [0.2, 0.25) is 0 Å². The molecule has 0 aliphatic carbocycles. The standard InChI is InChI=1S/3C3H6O2.V/c3*1-2-3(4)5;/h3*2H2,1H3,(H,4,5);/q;;;+3/p-3. The predicted octanol–water partition coefficient (Wildman–Crippen LogP) is -2.56. The third-order valence-corrected chi connectivity index (χ3v) is 0.866. The second-order valence-corrected chi connectivity index (χ2v) is 2.18. The first-order valence-electron chi connectivity index (χ1n) is 4.41. The molecule has 0 rings (SSSR count). The molecule has 0 heterocycles. The molecule has 0 spiro atoms. The first-order valence-corrected chi connectivity index (χ1v) is 4.41. The van der Waals surface area contributed by atoms with E-state index >= 15 is 0 Å². The third-order valence-electron chi connectivity index (χ3n) is 0.866. The summed E-state index contributed by atoms with van der Waals surface area (Å²) >= 11 is 0. The van der Waals surface area contributed by atoms with E-state index in [2.05, 4.69) is 0 Å². The van der Waals surface area contributed by atoms with Gasteiger partial charge in [0.1, 0.15) is 0 Å². The van der Waals surface area contributed by atoms with Crippen molar-refractivity contribution in [2.24, 2.45) is 0 Å². The number of rotatable bonds is 3. The molecule has 0 saturated carbocycles. The van der Waals surface area contributed by atoms with Gasteiger partial charge in [0.15, 0.2) is 0 Å². The van der Waals surface area contributed by atoms with E-state index in [-0.39, 0.29) is 37.8 Å². The first-order chi connectivity index (χ1) is 6.81. The molecule has 0 N–H and O–H groups in total. The Kier molecular flexibility index (Phi) is 29.7. The fourth-order valence-corrected chi connectivity index (χ4v) is 0. The van der Waals surface area contributed by atoms with E-state index in [1.807, 2.05) is 0 Å². The number of hydrogen-bond acceptors (Lipinski definition) is 6. The molecule has 0 aromatic heterocycles. The summed E-state index contributed by atoms with van der Waals surface area (Å²) < 4.78 is 0. The fourth-order valence-electron chi connectivity index (χ4n) is 0. The van der Waals surface area contributed by atoms with Crippen LogP contribution in [0.4, 0.5) is 0 Å². The molecule has 0 aliphatic heterocycles. The van der Waals surface area contributed by atoms with Crippen LogP contribution >= 0.6 is 0 Å². The molecular weight excluding hydrogens is 255 g/mol. The smallest absolute Gasteiger partial charge is 0.550 e. The van der Waals surface area contributed by atoms with Crippen molar-refractivity contribution in [1.29, 1.82) is 0 Å². The zero-order valence-electron chi connectivity index (χ0n) is 9.52. The van der Waals surface area contributed by atoms with E-state index in [1.165, 1.54) is 20.8 Å². The molecule has 0 radical (unpaired) electrons. The van der Waals surface area contributed by atoms with Crippen LogP contribution in [-0.2, 0) is 32.9 Å². The van der Waals surface area contributed by atoms with Crippen molar-refractivity contribution in [2.75, 3.05) is 0 Å². The Morgan fingerprint density at radius 1 is 0.688 bits per heavy atom. The van der Waals surface area contributed by atoms with Gasteiger partial charge in [0, 0.05) is 17.9 Å². The summed E-state index contributed by atoms with van der Waals surface area (Å²) in [6.07, 6.45) is 0.333. The molecule has 0 atom stereocenters. The second-order valence-electron chi connectivity index (χ2n) is 2.18. The minimum atomic E-state index is -0.995. The summed E-state index contributed by atoms with van der Waals surface area (Å²) in [5.41, 5.74) is 0. The van der Waals surface area contributed by atoms with Gasteiger partial charge in [-0.2, -0.15) is 0 Å². The molecule has 0 fully saturated rings. The summed E-state index contributed by atoms with van der Waals surface area (Å²) in [5.74, 6) is -2.99. The maximum atomic E-state index is 9.26. The summed E-state index contributed by atoms with van der Waals surface area (Å²) in [6.45, 7) is 4.61. The van der Waals surface area contributed by atoms with Crippen molar-refractivity contribution in [3.05, 3.63) is 0 Å². The molecule has 0 aromatic carbocycles. The number of carboxylic acids is 3. The average Bonchev–Trinajstić information content (AvgIpc) is 2.19. The summed E-state index contributed by atoms with van der Waals surface area (Å²) in [6, 6.07) is 0. The molecular formula is C9H15O6V. The molecule has 7 heteroatoms. The predicted molar refractivity (Wildman–Crippen MR) is 45.9 cm³/mol. The Balaban J connectivity index is -0.0000000655. The van der Waals surface area contributed by atoms with Crippen LogP contribution in [-0.4, -0.2) is 17.9 Å². The van der Waals surface area contributed by atoms with Gasteiger partial charge in [-0.15, -0.1) is 0 Å². The van der Waals surface area contributed by atoms with E-state index in [0.717, 1.165) is 0 Å². The van der Waals surface area contributed by atoms with Crippen LogP contribution in [0.25, 0.3) is 0 Å². The van der Waals surface area contributed by atoms with Crippen LogP contribution in [0, 0.1) is 0 Å². The normalized spacial score (nSPS) is 6.94. The van der Waals surface area contributed by atoms with Gasteiger partial charge in [-0.1, -0.05) is 20.8 Å². The van der Waals surface area contributed by atoms with Crippen molar-refractivity contribution in [1.82, 2.24) is 0 Å². The van der Waals surface area contributed by atoms with Gasteiger partial charge in [-0.05, 0) is 19.3 Å². The third kappa shape index (κ3) is 74.9. The minimum absolute atomic E-state index is 0.